The molecular formula is C17H22N2O. The lowest BCUT2D eigenvalue weighted by Crippen LogP contribution is -2.11. The molecule has 3 rings (SSSR count). The van der Waals surface area contributed by atoms with Gasteiger partial charge in [0.2, 0.25) is 5.88 Å². The molecule has 3 nitrogen and oxygen atoms in total. The summed E-state index contributed by atoms with van der Waals surface area (Å²) in [6, 6.07) is 8.97. The van der Waals surface area contributed by atoms with E-state index >= 15 is 0 Å². The van der Waals surface area contributed by atoms with Crippen LogP contribution in [-0.4, -0.2) is 5.16 Å². The van der Waals surface area contributed by atoms with Crippen molar-refractivity contribution >= 4 is 5.88 Å². The Hall–Kier alpha value is -1.77. The Morgan fingerprint density at radius 2 is 2.05 bits per heavy atom. The summed E-state index contributed by atoms with van der Waals surface area (Å²) in [5.74, 6) is 1.53. The first-order valence-corrected chi connectivity index (χ1v) is 7.48. The monoisotopic (exact) mass is 270 g/mol. The lowest BCUT2D eigenvalue weighted by Gasteiger charge is -2.22. The lowest BCUT2D eigenvalue weighted by molar-refractivity contribution is 0.427. The summed E-state index contributed by atoms with van der Waals surface area (Å²) in [6.45, 7) is 4.50. The van der Waals surface area contributed by atoms with Gasteiger partial charge >= 0.3 is 0 Å². The highest BCUT2D eigenvalue weighted by Gasteiger charge is 2.28. The average molecular weight is 270 g/mol. The number of benzene rings is 1. The van der Waals surface area contributed by atoms with Gasteiger partial charge in [-0.05, 0) is 42.7 Å². The Morgan fingerprint density at radius 3 is 2.75 bits per heavy atom. The molecule has 0 bridgehead atoms. The predicted molar refractivity (Wildman–Crippen MR) is 80.7 cm³/mol. The van der Waals surface area contributed by atoms with Gasteiger partial charge in [-0.2, -0.15) is 0 Å². The van der Waals surface area contributed by atoms with Crippen LogP contribution < -0.4 is 5.73 Å². The Bertz CT molecular complexity index is 584. The molecule has 1 aliphatic carbocycles. The van der Waals surface area contributed by atoms with Gasteiger partial charge in [-0.15, -0.1) is 0 Å². The van der Waals surface area contributed by atoms with Gasteiger partial charge < -0.3 is 10.3 Å². The van der Waals surface area contributed by atoms with Crippen LogP contribution >= 0.6 is 0 Å². The number of aromatic nitrogens is 1. The van der Waals surface area contributed by atoms with Crippen LogP contribution in [0.2, 0.25) is 0 Å². The van der Waals surface area contributed by atoms with E-state index in [4.69, 9.17) is 10.3 Å². The fourth-order valence-electron chi connectivity index (χ4n) is 3.21. The maximum absolute atomic E-state index is 5.96. The predicted octanol–water partition coefficient (Wildman–Crippen LogP) is 3.92. The van der Waals surface area contributed by atoms with Crippen molar-refractivity contribution in [2.45, 2.75) is 45.4 Å². The molecule has 0 radical (unpaired) electrons. The van der Waals surface area contributed by atoms with E-state index in [2.05, 4.69) is 43.3 Å². The summed E-state index contributed by atoms with van der Waals surface area (Å²) in [5, 5.41) is 4.09. The number of hydrogen-bond donors (Lipinski definition) is 1. The molecule has 0 aliphatic heterocycles. The molecule has 0 saturated carbocycles. The van der Waals surface area contributed by atoms with Gasteiger partial charge in [0, 0.05) is 11.5 Å². The number of hydrogen-bond acceptors (Lipinski definition) is 3. The first-order valence-electron chi connectivity index (χ1n) is 7.48. The Morgan fingerprint density at radius 1 is 1.30 bits per heavy atom. The molecule has 1 aromatic heterocycles. The van der Waals surface area contributed by atoms with Crippen LogP contribution in [0.15, 0.2) is 28.8 Å². The number of nitrogens with two attached hydrogens (primary N) is 1. The molecule has 20 heavy (non-hydrogen) atoms. The Labute approximate surface area is 120 Å². The maximum atomic E-state index is 5.96. The van der Waals surface area contributed by atoms with Gasteiger partial charge in [-0.25, -0.2) is 0 Å². The smallest absolute Gasteiger partial charge is 0.226 e. The Kier molecular flexibility index (Phi) is 3.51. The number of aryl methyl sites for hydroxylation is 1. The zero-order chi connectivity index (χ0) is 14.1. The van der Waals surface area contributed by atoms with Crippen molar-refractivity contribution in [2.75, 3.05) is 5.73 Å². The van der Waals surface area contributed by atoms with E-state index in [1.54, 1.807) is 0 Å². The third-order valence-electron chi connectivity index (χ3n) is 4.11. The van der Waals surface area contributed by atoms with Crippen molar-refractivity contribution in [1.29, 1.82) is 0 Å². The van der Waals surface area contributed by atoms with Gasteiger partial charge in [0.25, 0.3) is 0 Å². The highest BCUT2D eigenvalue weighted by atomic mass is 16.5. The topological polar surface area (TPSA) is 52.0 Å². The van der Waals surface area contributed by atoms with Crippen molar-refractivity contribution in [2.24, 2.45) is 5.92 Å². The summed E-state index contributed by atoms with van der Waals surface area (Å²) in [4.78, 5) is 0. The average Bonchev–Trinajstić information content (AvgIpc) is 2.81. The van der Waals surface area contributed by atoms with E-state index in [-0.39, 0.29) is 0 Å². The number of rotatable bonds is 3. The molecule has 2 N–H and O–H groups in total. The van der Waals surface area contributed by atoms with Crippen molar-refractivity contribution in [3.63, 3.8) is 0 Å². The third kappa shape index (κ3) is 2.45. The third-order valence-corrected chi connectivity index (χ3v) is 4.11. The zero-order valence-electron chi connectivity index (χ0n) is 12.2. The van der Waals surface area contributed by atoms with E-state index in [1.165, 1.54) is 11.1 Å². The van der Waals surface area contributed by atoms with Crippen LogP contribution in [0.3, 0.4) is 0 Å². The molecule has 1 aliphatic rings. The van der Waals surface area contributed by atoms with Gasteiger partial charge in [0.15, 0.2) is 0 Å². The largest absolute Gasteiger partial charge is 0.367 e. The van der Waals surface area contributed by atoms with Gasteiger partial charge in [0.05, 0.1) is 5.69 Å². The maximum Gasteiger partial charge on any atom is 0.226 e. The summed E-state index contributed by atoms with van der Waals surface area (Å²) in [5.41, 5.74) is 10.8. The second kappa shape index (κ2) is 5.31. The minimum Gasteiger partial charge on any atom is -0.367 e. The van der Waals surface area contributed by atoms with Crippen LogP contribution in [0.25, 0.3) is 0 Å². The van der Waals surface area contributed by atoms with Crippen molar-refractivity contribution < 1.29 is 4.52 Å². The number of nitrogen functional groups attached to an aromatic ring is 1. The molecule has 0 saturated heterocycles. The summed E-state index contributed by atoms with van der Waals surface area (Å²) < 4.78 is 5.17. The summed E-state index contributed by atoms with van der Waals surface area (Å²) in [7, 11) is 0. The molecule has 1 heterocycles. The molecule has 0 amide bonds. The summed E-state index contributed by atoms with van der Waals surface area (Å²) in [6.07, 6.45) is 4.39. The Balaban J connectivity index is 1.88. The standard InChI is InChI=1S/C17H22N2O/c1-11(2)10-12-6-8-13(9-7-12)14-4-3-5-15-16(14)17(18)20-19-15/h6-9,11,14H,3-5,10,18H2,1-2H3. The first-order chi connectivity index (χ1) is 9.65. The molecule has 106 valence electrons. The molecule has 2 aromatic rings. The fraction of sp³-hybridized carbons (Fsp3) is 0.471. The van der Waals surface area contributed by atoms with Crippen LogP contribution in [0, 0.1) is 5.92 Å². The molecule has 3 heteroatoms. The molecule has 1 aromatic carbocycles. The van der Waals surface area contributed by atoms with Gasteiger partial charge in [0.1, 0.15) is 0 Å². The molecular weight excluding hydrogens is 248 g/mol. The van der Waals surface area contributed by atoms with E-state index in [1.807, 2.05) is 0 Å². The minimum atomic E-state index is 0.345. The normalized spacial score (nSPS) is 18.2. The minimum absolute atomic E-state index is 0.345. The highest BCUT2D eigenvalue weighted by molar-refractivity contribution is 5.48. The van der Waals surface area contributed by atoms with E-state index in [9.17, 15) is 0 Å². The van der Waals surface area contributed by atoms with E-state index < -0.39 is 0 Å². The van der Waals surface area contributed by atoms with E-state index in [0.29, 0.717) is 17.7 Å². The summed E-state index contributed by atoms with van der Waals surface area (Å²) >= 11 is 0. The van der Waals surface area contributed by atoms with Crippen LogP contribution in [-0.2, 0) is 12.8 Å². The first kappa shape index (κ1) is 13.2. The van der Waals surface area contributed by atoms with Gasteiger partial charge in [-0.3, -0.25) is 0 Å². The van der Waals surface area contributed by atoms with Gasteiger partial charge in [-0.1, -0.05) is 43.3 Å². The van der Waals surface area contributed by atoms with Crippen molar-refractivity contribution in [3.05, 3.63) is 46.6 Å². The molecule has 1 unspecified atom stereocenters. The van der Waals surface area contributed by atoms with Crippen LogP contribution in [0.4, 0.5) is 5.88 Å². The second-order valence-electron chi connectivity index (χ2n) is 6.19. The van der Waals surface area contributed by atoms with Crippen molar-refractivity contribution in [1.82, 2.24) is 5.16 Å². The van der Waals surface area contributed by atoms with Crippen molar-refractivity contribution in [3.8, 4) is 0 Å². The SMILES string of the molecule is CC(C)Cc1ccc(C2CCCc3noc(N)c32)cc1. The number of nitrogens with zero attached hydrogens (tertiary/aromatic N) is 1. The molecule has 1 atom stereocenters. The zero-order valence-corrected chi connectivity index (χ0v) is 12.2. The molecule has 0 spiro atoms. The second-order valence-corrected chi connectivity index (χ2v) is 6.19. The lowest BCUT2D eigenvalue weighted by atomic mass is 9.81. The highest BCUT2D eigenvalue weighted by Crippen LogP contribution is 2.39. The number of anilines is 1. The van der Waals surface area contributed by atoms with E-state index in [0.717, 1.165) is 36.9 Å². The molecule has 0 fully saturated rings. The van der Waals surface area contributed by atoms with Crippen LogP contribution in [0.5, 0.6) is 0 Å². The quantitative estimate of drug-likeness (QED) is 0.919. The van der Waals surface area contributed by atoms with Crippen LogP contribution in [0.1, 0.15) is 55.0 Å². The fourth-order valence-corrected chi connectivity index (χ4v) is 3.21. The number of fused-ring (bicyclic) bond motifs is 1.